The van der Waals surface area contributed by atoms with E-state index in [4.69, 9.17) is 0 Å². The molecule has 0 fully saturated rings. The minimum Gasteiger partial charge on any atom is -0.345 e. The van der Waals surface area contributed by atoms with E-state index in [1.807, 2.05) is 0 Å². The topological polar surface area (TPSA) is 6.48 Å². The third kappa shape index (κ3) is 6.54. The monoisotopic (exact) mass is 726 g/mol. The molecule has 3 aliphatic rings. The fraction of sp³-hybridized carbons (Fsp3) is 0.185. The molecule has 0 radical (unpaired) electrons. The Labute approximate surface area is 333 Å². The molecule has 7 aromatic carbocycles. The predicted molar refractivity (Wildman–Crippen MR) is 239 cm³/mol. The van der Waals surface area contributed by atoms with Crippen molar-refractivity contribution >= 4 is 28.4 Å². The van der Waals surface area contributed by atoms with Crippen molar-refractivity contribution in [1.29, 1.82) is 0 Å². The second kappa shape index (κ2) is 14.8. The SMILES string of the molecule is CC1=CC2c3c(-c4ccc(N(C)c5ccccc5)cc4)ccc(-c4ccc(N(c5ccccc5)c5ccc(-c6ccc(C)cc6)cc5)cc4)c3C1CC2C(C)C. The summed E-state index contributed by atoms with van der Waals surface area (Å²) >= 11 is 0. The van der Waals surface area contributed by atoms with Crippen LogP contribution in [-0.4, -0.2) is 7.05 Å². The first-order valence-electron chi connectivity index (χ1n) is 20.2. The lowest BCUT2D eigenvalue weighted by Crippen LogP contribution is -2.32. The molecule has 0 spiro atoms. The van der Waals surface area contributed by atoms with Crippen LogP contribution in [0.15, 0.2) is 182 Å². The summed E-state index contributed by atoms with van der Waals surface area (Å²) in [4.78, 5) is 4.62. The lowest BCUT2D eigenvalue weighted by atomic mass is 9.58. The molecule has 56 heavy (non-hydrogen) atoms. The number of fused-ring (bicyclic) bond motifs is 1. The molecule has 0 N–H and O–H groups in total. The van der Waals surface area contributed by atoms with Crippen molar-refractivity contribution in [2.24, 2.45) is 11.8 Å². The normalized spacial score (nSPS) is 17.0. The van der Waals surface area contributed by atoms with Crippen LogP contribution in [0.5, 0.6) is 0 Å². The molecular formula is C54H50N2. The summed E-state index contributed by atoms with van der Waals surface area (Å²) in [5, 5.41) is 0. The minimum absolute atomic E-state index is 0.410. The fourth-order valence-electron chi connectivity index (χ4n) is 9.36. The van der Waals surface area contributed by atoms with Crippen molar-refractivity contribution in [3.63, 3.8) is 0 Å². The van der Waals surface area contributed by atoms with Gasteiger partial charge < -0.3 is 9.80 Å². The van der Waals surface area contributed by atoms with Crippen LogP contribution < -0.4 is 9.80 Å². The summed E-state index contributed by atoms with van der Waals surface area (Å²) in [7, 11) is 2.15. The summed E-state index contributed by atoms with van der Waals surface area (Å²) in [6.45, 7) is 9.33. The number of nitrogens with zero attached hydrogens (tertiary/aromatic N) is 2. The van der Waals surface area contributed by atoms with Gasteiger partial charge in [0.2, 0.25) is 0 Å². The Morgan fingerprint density at radius 3 is 1.43 bits per heavy atom. The average Bonchev–Trinajstić information content (AvgIpc) is 3.25. The van der Waals surface area contributed by atoms with Gasteiger partial charge in [-0.25, -0.2) is 0 Å². The lowest BCUT2D eigenvalue weighted by molar-refractivity contribution is 0.281. The van der Waals surface area contributed by atoms with Crippen LogP contribution in [0.3, 0.4) is 0 Å². The maximum absolute atomic E-state index is 2.61. The minimum atomic E-state index is 0.410. The van der Waals surface area contributed by atoms with E-state index in [1.165, 1.54) is 73.4 Å². The van der Waals surface area contributed by atoms with Crippen molar-refractivity contribution in [3.05, 3.63) is 198 Å². The molecule has 0 heterocycles. The number of rotatable bonds is 9. The van der Waals surface area contributed by atoms with E-state index in [9.17, 15) is 0 Å². The molecule has 2 bridgehead atoms. The second-order valence-electron chi connectivity index (χ2n) is 16.2. The second-order valence-corrected chi connectivity index (χ2v) is 16.2. The first kappa shape index (κ1) is 35.6. The van der Waals surface area contributed by atoms with Crippen molar-refractivity contribution in [3.8, 4) is 33.4 Å². The maximum Gasteiger partial charge on any atom is 0.0462 e. The van der Waals surface area contributed by atoms with E-state index >= 15 is 0 Å². The number of hydrogen-bond acceptors (Lipinski definition) is 2. The Balaban J connectivity index is 1.10. The molecule has 0 amide bonds. The lowest BCUT2D eigenvalue weighted by Gasteiger charge is -2.46. The number of benzene rings is 7. The number of allylic oxidation sites excluding steroid dienone is 2. The van der Waals surface area contributed by atoms with Gasteiger partial charge in [0.15, 0.2) is 0 Å². The molecule has 0 saturated carbocycles. The number of anilines is 5. The first-order chi connectivity index (χ1) is 27.3. The van der Waals surface area contributed by atoms with Crippen LogP contribution in [-0.2, 0) is 0 Å². The Hall–Kier alpha value is -6.12. The maximum atomic E-state index is 2.61. The van der Waals surface area contributed by atoms with Crippen molar-refractivity contribution < 1.29 is 0 Å². The number of aryl methyl sites for hydroxylation is 1. The highest BCUT2D eigenvalue weighted by Gasteiger charge is 2.42. The Morgan fingerprint density at radius 1 is 0.464 bits per heavy atom. The van der Waals surface area contributed by atoms with Gasteiger partial charge in [-0.15, -0.1) is 0 Å². The average molecular weight is 727 g/mol. The molecule has 3 aliphatic carbocycles. The van der Waals surface area contributed by atoms with Gasteiger partial charge >= 0.3 is 0 Å². The summed E-state index contributed by atoms with van der Waals surface area (Å²) in [6, 6.07) is 62.4. The Morgan fingerprint density at radius 2 is 0.893 bits per heavy atom. The van der Waals surface area contributed by atoms with Gasteiger partial charge in [-0.05, 0) is 137 Å². The van der Waals surface area contributed by atoms with Gasteiger partial charge in [0.1, 0.15) is 0 Å². The van der Waals surface area contributed by atoms with Gasteiger partial charge in [-0.2, -0.15) is 0 Å². The van der Waals surface area contributed by atoms with Crippen LogP contribution in [0.2, 0.25) is 0 Å². The Bertz CT molecular complexity index is 2480. The van der Waals surface area contributed by atoms with Gasteiger partial charge in [0, 0.05) is 47.3 Å². The molecule has 2 nitrogen and oxygen atoms in total. The molecule has 276 valence electrons. The van der Waals surface area contributed by atoms with E-state index in [1.54, 1.807) is 0 Å². The highest BCUT2D eigenvalue weighted by molar-refractivity contribution is 5.84. The number of hydrogen-bond donors (Lipinski definition) is 0. The molecule has 0 aliphatic heterocycles. The van der Waals surface area contributed by atoms with Crippen LogP contribution in [0.4, 0.5) is 28.4 Å². The first-order valence-corrected chi connectivity index (χ1v) is 20.2. The molecular weight excluding hydrogens is 677 g/mol. The van der Waals surface area contributed by atoms with Gasteiger partial charge in [-0.1, -0.05) is 140 Å². The van der Waals surface area contributed by atoms with Crippen molar-refractivity contribution in [2.45, 2.75) is 46.0 Å². The van der Waals surface area contributed by atoms with E-state index in [2.05, 4.69) is 220 Å². The summed E-state index contributed by atoms with van der Waals surface area (Å²) in [6.07, 6.45) is 3.82. The predicted octanol–water partition coefficient (Wildman–Crippen LogP) is 15.0. The molecule has 2 heteroatoms. The van der Waals surface area contributed by atoms with Gasteiger partial charge in [0.25, 0.3) is 0 Å². The molecule has 10 rings (SSSR count). The highest BCUT2D eigenvalue weighted by Crippen LogP contribution is 2.58. The summed E-state index contributed by atoms with van der Waals surface area (Å²) in [5.74, 6) is 2.08. The van der Waals surface area contributed by atoms with E-state index < -0.39 is 0 Å². The highest BCUT2D eigenvalue weighted by atomic mass is 15.1. The molecule has 7 aromatic rings. The zero-order valence-corrected chi connectivity index (χ0v) is 33.2. The van der Waals surface area contributed by atoms with Crippen LogP contribution in [0, 0.1) is 18.8 Å². The Kier molecular flexibility index (Phi) is 9.43. The van der Waals surface area contributed by atoms with Gasteiger partial charge in [-0.3, -0.25) is 0 Å². The zero-order valence-electron chi connectivity index (χ0n) is 33.2. The molecule has 3 atom stereocenters. The molecule has 3 unspecified atom stereocenters. The molecule has 0 saturated heterocycles. The largest absolute Gasteiger partial charge is 0.345 e. The summed E-state index contributed by atoms with van der Waals surface area (Å²) in [5.41, 5.74) is 19.5. The van der Waals surface area contributed by atoms with E-state index in [0.29, 0.717) is 23.7 Å². The quantitative estimate of drug-likeness (QED) is 0.137. The van der Waals surface area contributed by atoms with Crippen molar-refractivity contribution in [1.82, 2.24) is 0 Å². The van der Waals surface area contributed by atoms with E-state index in [-0.39, 0.29) is 0 Å². The van der Waals surface area contributed by atoms with Crippen LogP contribution in [0.25, 0.3) is 33.4 Å². The summed E-state index contributed by atoms with van der Waals surface area (Å²) < 4.78 is 0. The third-order valence-electron chi connectivity index (χ3n) is 12.5. The third-order valence-corrected chi connectivity index (χ3v) is 12.5. The van der Waals surface area contributed by atoms with Gasteiger partial charge in [0.05, 0.1) is 0 Å². The molecule has 0 aromatic heterocycles. The smallest absolute Gasteiger partial charge is 0.0462 e. The van der Waals surface area contributed by atoms with Crippen molar-refractivity contribution in [2.75, 3.05) is 16.8 Å². The van der Waals surface area contributed by atoms with Crippen LogP contribution >= 0.6 is 0 Å². The number of para-hydroxylation sites is 2. The zero-order chi connectivity index (χ0) is 38.3. The van der Waals surface area contributed by atoms with E-state index in [0.717, 1.165) is 17.1 Å². The fourth-order valence-corrected chi connectivity index (χ4v) is 9.36. The standard InChI is InChI=1S/C54H50N2/c1-36(2)50-35-51-38(4)34-52(50)54-49(41-22-26-44(27-23-41)55(5)43-12-8-6-9-13-43)33-32-48(53(51)54)42-24-30-47(31-25-42)56(45-14-10-7-11-15-45)46-28-20-40(21-29-46)39-18-16-37(3)17-19-39/h6-34,36,50-52H,35H2,1-5H3. The van der Waals surface area contributed by atoms with Crippen LogP contribution in [0.1, 0.15) is 55.7 Å².